The highest BCUT2D eigenvalue weighted by molar-refractivity contribution is 5.91. The minimum atomic E-state index is -0.823. The first-order valence-corrected chi connectivity index (χ1v) is 11.0. The van der Waals surface area contributed by atoms with Gasteiger partial charge in [-0.2, -0.15) is 0 Å². The fourth-order valence-electron chi connectivity index (χ4n) is 5.26. The molecule has 0 aliphatic carbocycles. The number of methoxy groups -OCH3 is 1. The molecule has 3 aliphatic rings. The van der Waals surface area contributed by atoms with Gasteiger partial charge in [-0.15, -0.1) is 0 Å². The highest BCUT2D eigenvalue weighted by Crippen LogP contribution is 2.45. The van der Waals surface area contributed by atoms with Crippen molar-refractivity contribution in [2.75, 3.05) is 7.11 Å². The van der Waals surface area contributed by atoms with Crippen LogP contribution in [0.3, 0.4) is 0 Å². The van der Waals surface area contributed by atoms with Crippen LogP contribution in [0.15, 0.2) is 12.2 Å². The molecule has 7 heteroatoms. The molecule has 0 amide bonds. The lowest BCUT2D eigenvalue weighted by atomic mass is 9.79. The fraction of sp³-hybridized carbons (Fsp3) is 0.826. The number of carbonyl (C=O) groups excluding carboxylic acids is 2. The molecule has 3 heterocycles. The third kappa shape index (κ3) is 4.30. The quantitative estimate of drug-likeness (QED) is 0.538. The average molecular weight is 425 g/mol. The Labute approximate surface area is 179 Å². The lowest BCUT2D eigenvalue weighted by Gasteiger charge is -2.37. The zero-order valence-electron chi connectivity index (χ0n) is 18.8. The summed E-state index contributed by atoms with van der Waals surface area (Å²) in [5, 5.41) is 11.2. The molecule has 0 aromatic heterocycles. The van der Waals surface area contributed by atoms with Crippen LogP contribution in [0.25, 0.3) is 0 Å². The SMILES string of the molecule is C=C1C(=O)O[C@H]2[C@H](OC(C)=O)[C@@H](C)CCC[C@](C)(OC)[C@H]3CCC(C)(O3)[C@H](O)C[C@@H]12. The summed E-state index contributed by atoms with van der Waals surface area (Å²) < 4.78 is 23.6. The molecule has 3 fully saturated rings. The van der Waals surface area contributed by atoms with E-state index in [9.17, 15) is 14.7 Å². The van der Waals surface area contributed by atoms with Crippen molar-refractivity contribution in [2.45, 2.75) is 102 Å². The second-order valence-electron chi connectivity index (χ2n) is 9.67. The van der Waals surface area contributed by atoms with Crippen LogP contribution in [0.4, 0.5) is 0 Å². The summed E-state index contributed by atoms with van der Waals surface area (Å²) in [6, 6.07) is 0. The molecule has 2 bridgehead atoms. The van der Waals surface area contributed by atoms with Gasteiger partial charge in [-0.25, -0.2) is 4.79 Å². The van der Waals surface area contributed by atoms with E-state index >= 15 is 0 Å². The van der Waals surface area contributed by atoms with E-state index < -0.39 is 47.4 Å². The first-order valence-electron chi connectivity index (χ1n) is 11.0. The maximum Gasteiger partial charge on any atom is 0.334 e. The van der Waals surface area contributed by atoms with Gasteiger partial charge in [-0.1, -0.05) is 19.9 Å². The molecular weight excluding hydrogens is 388 g/mol. The first kappa shape index (κ1) is 23.2. The van der Waals surface area contributed by atoms with Crippen LogP contribution in [0, 0.1) is 11.8 Å². The Morgan fingerprint density at radius 1 is 1.27 bits per heavy atom. The Morgan fingerprint density at radius 2 is 1.97 bits per heavy atom. The van der Waals surface area contributed by atoms with E-state index in [2.05, 4.69) is 13.5 Å². The molecule has 3 rings (SSSR count). The van der Waals surface area contributed by atoms with Gasteiger partial charge in [-0.05, 0) is 51.9 Å². The summed E-state index contributed by atoms with van der Waals surface area (Å²) in [7, 11) is 1.70. The van der Waals surface area contributed by atoms with E-state index in [0.29, 0.717) is 12.0 Å². The van der Waals surface area contributed by atoms with E-state index in [1.54, 1.807) is 7.11 Å². The summed E-state index contributed by atoms with van der Waals surface area (Å²) in [4.78, 5) is 24.2. The minimum Gasteiger partial charge on any atom is -0.458 e. The van der Waals surface area contributed by atoms with Crippen molar-refractivity contribution < 1.29 is 33.6 Å². The molecule has 30 heavy (non-hydrogen) atoms. The summed E-state index contributed by atoms with van der Waals surface area (Å²) in [5.74, 6) is -1.38. The summed E-state index contributed by atoms with van der Waals surface area (Å²) in [6.07, 6.45) is 1.95. The van der Waals surface area contributed by atoms with Crippen LogP contribution < -0.4 is 0 Å². The molecule has 3 aliphatic heterocycles. The smallest absolute Gasteiger partial charge is 0.334 e. The zero-order valence-corrected chi connectivity index (χ0v) is 18.8. The predicted molar refractivity (Wildman–Crippen MR) is 110 cm³/mol. The number of fused-ring (bicyclic) bond motifs is 3. The number of esters is 2. The number of rotatable bonds is 2. The lowest BCUT2D eigenvalue weighted by Crippen LogP contribution is -2.47. The van der Waals surface area contributed by atoms with Crippen LogP contribution in [-0.2, 0) is 28.5 Å². The van der Waals surface area contributed by atoms with Crippen molar-refractivity contribution in [3.63, 3.8) is 0 Å². The first-order chi connectivity index (χ1) is 14.0. The molecule has 1 N–H and O–H groups in total. The van der Waals surface area contributed by atoms with Gasteiger partial charge in [0.2, 0.25) is 0 Å². The van der Waals surface area contributed by atoms with Gasteiger partial charge < -0.3 is 24.1 Å². The minimum absolute atomic E-state index is 0.0344. The van der Waals surface area contributed by atoms with Crippen molar-refractivity contribution in [1.82, 2.24) is 0 Å². The van der Waals surface area contributed by atoms with Crippen molar-refractivity contribution in [1.29, 1.82) is 0 Å². The number of ether oxygens (including phenoxy) is 4. The van der Waals surface area contributed by atoms with Crippen LogP contribution in [0.2, 0.25) is 0 Å². The molecule has 3 saturated heterocycles. The normalized spacial score (nSPS) is 45.0. The van der Waals surface area contributed by atoms with Gasteiger partial charge in [0, 0.05) is 25.5 Å². The Kier molecular flexibility index (Phi) is 6.65. The van der Waals surface area contributed by atoms with Crippen molar-refractivity contribution in [3.05, 3.63) is 12.2 Å². The standard InChI is InChI=1S/C23H36O7/c1-13-8-7-10-23(5,27-6)18-9-11-22(4,30-18)17(25)12-16-14(2)21(26)29-20(16)19(13)28-15(3)24/h13,16-20,25H,2,7-12H2,1,3-6H3/t13-,16-,17+,18+,19+,20+,22?,23-/m0/s1. The topological polar surface area (TPSA) is 91.3 Å². The highest BCUT2D eigenvalue weighted by Gasteiger charge is 2.53. The van der Waals surface area contributed by atoms with Gasteiger partial charge in [0.25, 0.3) is 0 Å². The molecule has 7 nitrogen and oxygen atoms in total. The third-order valence-corrected chi connectivity index (χ3v) is 7.51. The number of hydrogen-bond acceptors (Lipinski definition) is 7. The summed E-state index contributed by atoms with van der Waals surface area (Å²) in [5.41, 5.74) is -0.899. The number of carbonyl (C=O) groups is 2. The number of hydrogen-bond donors (Lipinski definition) is 1. The van der Waals surface area contributed by atoms with Crippen LogP contribution in [0.5, 0.6) is 0 Å². The highest BCUT2D eigenvalue weighted by atomic mass is 16.6. The Bertz CT molecular complexity index is 691. The second-order valence-corrected chi connectivity index (χ2v) is 9.67. The van der Waals surface area contributed by atoms with Gasteiger partial charge in [0.15, 0.2) is 0 Å². The second kappa shape index (κ2) is 8.60. The Hall–Kier alpha value is -1.44. The number of aliphatic hydroxyl groups is 1. The van der Waals surface area contributed by atoms with Gasteiger partial charge in [0.1, 0.15) is 12.2 Å². The summed E-state index contributed by atoms with van der Waals surface area (Å²) >= 11 is 0. The third-order valence-electron chi connectivity index (χ3n) is 7.51. The fourth-order valence-corrected chi connectivity index (χ4v) is 5.26. The molecule has 8 atom stereocenters. The lowest BCUT2D eigenvalue weighted by molar-refractivity contribution is -0.174. The molecule has 170 valence electrons. The maximum atomic E-state index is 12.3. The Morgan fingerprint density at radius 3 is 2.60 bits per heavy atom. The largest absolute Gasteiger partial charge is 0.458 e. The summed E-state index contributed by atoms with van der Waals surface area (Å²) in [6.45, 7) is 11.2. The Balaban J connectivity index is 1.96. The van der Waals surface area contributed by atoms with Gasteiger partial charge >= 0.3 is 11.9 Å². The predicted octanol–water partition coefficient (Wildman–Crippen LogP) is 2.93. The maximum absolute atomic E-state index is 12.3. The van der Waals surface area contributed by atoms with Crippen molar-refractivity contribution >= 4 is 11.9 Å². The zero-order chi connectivity index (χ0) is 22.3. The van der Waals surface area contributed by atoms with Crippen molar-refractivity contribution in [2.24, 2.45) is 11.8 Å². The van der Waals surface area contributed by atoms with E-state index in [4.69, 9.17) is 18.9 Å². The van der Waals surface area contributed by atoms with Crippen molar-refractivity contribution in [3.8, 4) is 0 Å². The molecule has 0 spiro atoms. The van der Waals surface area contributed by atoms with Crippen LogP contribution in [0.1, 0.15) is 66.2 Å². The van der Waals surface area contributed by atoms with E-state index in [1.165, 1.54) is 6.92 Å². The van der Waals surface area contributed by atoms with Crippen LogP contribution >= 0.6 is 0 Å². The molecule has 0 saturated carbocycles. The van der Waals surface area contributed by atoms with E-state index in [0.717, 1.165) is 25.7 Å². The monoisotopic (exact) mass is 424 g/mol. The van der Waals surface area contributed by atoms with Crippen LogP contribution in [-0.4, -0.2) is 59.8 Å². The van der Waals surface area contributed by atoms with E-state index in [-0.39, 0.29) is 18.4 Å². The molecule has 0 aromatic carbocycles. The molecular formula is C23H36O7. The molecule has 1 unspecified atom stereocenters. The molecule has 0 aromatic rings. The average Bonchev–Trinajstić information content (AvgIpc) is 3.22. The van der Waals surface area contributed by atoms with Gasteiger partial charge in [-0.3, -0.25) is 4.79 Å². The van der Waals surface area contributed by atoms with Gasteiger partial charge in [0.05, 0.1) is 23.4 Å². The number of aliphatic hydroxyl groups excluding tert-OH is 1. The van der Waals surface area contributed by atoms with E-state index in [1.807, 2.05) is 13.8 Å². The molecule has 0 radical (unpaired) electrons.